The molecule has 0 saturated carbocycles. The molecule has 0 N–H and O–H groups in total. The molecule has 0 spiro atoms. The van der Waals surface area contributed by atoms with Gasteiger partial charge in [-0.2, -0.15) is 0 Å². The maximum absolute atomic E-state index is 11.9. The molecule has 0 fully saturated rings. The van der Waals surface area contributed by atoms with Gasteiger partial charge >= 0.3 is 0 Å². The van der Waals surface area contributed by atoms with Crippen LogP contribution >= 0.6 is 0 Å². The molecule has 2 aromatic rings. The van der Waals surface area contributed by atoms with E-state index in [1.807, 2.05) is 32.0 Å². The van der Waals surface area contributed by atoms with Crippen LogP contribution in [0.4, 0.5) is 0 Å². The molecule has 0 saturated heterocycles. The standard InChI is InChI=1S/C18H16O/c1-13-11-14(2)17(15(3)12-13)9-10-18(19)16-7-5-4-6-8-16/h4-8,11-12H,1-3H3. The van der Waals surface area contributed by atoms with Crippen molar-refractivity contribution in [2.45, 2.75) is 20.8 Å². The van der Waals surface area contributed by atoms with Crippen LogP contribution in [0.3, 0.4) is 0 Å². The van der Waals surface area contributed by atoms with E-state index in [2.05, 4.69) is 30.9 Å². The van der Waals surface area contributed by atoms with Crippen LogP contribution in [-0.2, 0) is 0 Å². The first-order valence-electron chi connectivity index (χ1n) is 6.27. The molecule has 0 radical (unpaired) electrons. The maximum atomic E-state index is 11.9. The number of hydrogen-bond acceptors (Lipinski definition) is 1. The number of Topliss-reactive ketones (excluding diaryl/α,β-unsaturated/α-hetero) is 1. The summed E-state index contributed by atoms with van der Waals surface area (Å²) in [5.41, 5.74) is 5.04. The van der Waals surface area contributed by atoms with Gasteiger partial charge in [0, 0.05) is 11.1 Å². The van der Waals surface area contributed by atoms with Crippen LogP contribution in [0.1, 0.15) is 32.6 Å². The van der Waals surface area contributed by atoms with Crippen LogP contribution in [0.2, 0.25) is 0 Å². The molecule has 0 aliphatic rings. The van der Waals surface area contributed by atoms with Gasteiger partial charge in [0.15, 0.2) is 0 Å². The monoisotopic (exact) mass is 248 g/mol. The minimum Gasteiger partial charge on any atom is -0.279 e. The van der Waals surface area contributed by atoms with Crippen molar-refractivity contribution >= 4 is 5.78 Å². The third-order valence-corrected chi connectivity index (χ3v) is 3.01. The van der Waals surface area contributed by atoms with Crippen LogP contribution in [0.15, 0.2) is 42.5 Å². The summed E-state index contributed by atoms with van der Waals surface area (Å²) in [5, 5.41) is 0. The summed E-state index contributed by atoms with van der Waals surface area (Å²) in [4.78, 5) is 11.9. The van der Waals surface area contributed by atoms with Gasteiger partial charge in [-0.3, -0.25) is 4.79 Å². The first kappa shape index (κ1) is 13.1. The Bertz CT molecular complexity index is 647. The summed E-state index contributed by atoms with van der Waals surface area (Å²) in [6.45, 7) is 6.11. The van der Waals surface area contributed by atoms with Gasteiger partial charge in [-0.25, -0.2) is 0 Å². The molecule has 1 heteroatoms. The summed E-state index contributed by atoms with van der Waals surface area (Å²) in [6, 6.07) is 13.3. The highest BCUT2D eigenvalue weighted by Gasteiger charge is 2.03. The highest BCUT2D eigenvalue weighted by atomic mass is 16.1. The van der Waals surface area contributed by atoms with Gasteiger partial charge in [-0.1, -0.05) is 53.9 Å². The minimum atomic E-state index is -0.139. The molecule has 0 unspecified atom stereocenters. The average Bonchev–Trinajstić information content (AvgIpc) is 2.38. The third-order valence-electron chi connectivity index (χ3n) is 3.01. The molecule has 0 heterocycles. The van der Waals surface area contributed by atoms with Gasteiger partial charge in [-0.05, 0) is 37.8 Å². The maximum Gasteiger partial charge on any atom is 0.236 e. The second-order valence-corrected chi connectivity index (χ2v) is 4.72. The predicted molar refractivity (Wildman–Crippen MR) is 78.3 cm³/mol. The van der Waals surface area contributed by atoms with Gasteiger partial charge in [0.25, 0.3) is 0 Å². The molecule has 0 amide bonds. The lowest BCUT2D eigenvalue weighted by Gasteiger charge is -2.04. The van der Waals surface area contributed by atoms with Crippen LogP contribution in [0.5, 0.6) is 0 Å². The SMILES string of the molecule is Cc1cc(C)c(C#CC(=O)c2ccccc2)c(C)c1. The quantitative estimate of drug-likeness (QED) is 0.553. The summed E-state index contributed by atoms with van der Waals surface area (Å²) in [5.74, 6) is 5.60. The Morgan fingerprint density at radius 3 is 2.11 bits per heavy atom. The number of carbonyl (C=O) groups is 1. The van der Waals surface area contributed by atoms with E-state index < -0.39 is 0 Å². The molecular weight excluding hydrogens is 232 g/mol. The number of hydrogen-bond donors (Lipinski definition) is 0. The van der Waals surface area contributed by atoms with Crippen LogP contribution < -0.4 is 0 Å². The van der Waals surface area contributed by atoms with Gasteiger partial charge in [-0.15, -0.1) is 0 Å². The molecule has 19 heavy (non-hydrogen) atoms. The van der Waals surface area contributed by atoms with Crippen molar-refractivity contribution in [3.05, 3.63) is 70.3 Å². The molecule has 0 aromatic heterocycles. The van der Waals surface area contributed by atoms with E-state index in [4.69, 9.17) is 0 Å². The van der Waals surface area contributed by atoms with E-state index in [0.717, 1.165) is 16.7 Å². The fraction of sp³-hybridized carbons (Fsp3) is 0.167. The zero-order valence-electron chi connectivity index (χ0n) is 11.4. The Labute approximate surface area is 114 Å². The van der Waals surface area contributed by atoms with Crippen molar-refractivity contribution in [1.29, 1.82) is 0 Å². The lowest BCUT2D eigenvalue weighted by atomic mass is 10.00. The van der Waals surface area contributed by atoms with Crippen LogP contribution in [0.25, 0.3) is 0 Å². The second kappa shape index (κ2) is 5.54. The fourth-order valence-electron chi connectivity index (χ4n) is 2.16. The van der Waals surface area contributed by atoms with Crippen molar-refractivity contribution in [2.24, 2.45) is 0 Å². The number of aryl methyl sites for hydroxylation is 3. The molecular formula is C18H16O. The Hall–Kier alpha value is -2.33. The second-order valence-electron chi connectivity index (χ2n) is 4.72. The molecule has 0 atom stereocenters. The molecule has 2 rings (SSSR count). The summed E-state index contributed by atoms with van der Waals surface area (Å²) < 4.78 is 0. The van der Waals surface area contributed by atoms with E-state index in [9.17, 15) is 4.79 Å². The first-order valence-corrected chi connectivity index (χ1v) is 6.27. The zero-order valence-corrected chi connectivity index (χ0v) is 11.4. The summed E-state index contributed by atoms with van der Waals surface area (Å²) in [7, 11) is 0. The van der Waals surface area contributed by atoms with E-state index in [1.54, 1.807) is 12.1 Å². The number of ketones is 1. The Morgan fingerprint density at radius 1 is 0.947 bits per heavy atom. The Kier molecular flexibility index (Phi) is 3.82. The molecule has 1 nitrogen and oxygen atoms in total. The van der Waals surface area contributed by atoms with E-state index >= 15 is 0 Å². The highest BCUT2D eigenvalue weighted by Crippen LogP contribution is 2.15. The molecule has 0 aliphatic carbocycles. The van der Waals surface area contributed by atoms with E-state index in [1.165, 1.54) is 5.56 Å². The predicted octanol–water partition coefficient (Wildman–Crippen LogP) is 3.85. The smallest absolute Gasteiger partial charge is 0.236 e. The average molecular weight is 248 g/mol. The topological polar surface area (TPSA) is 17.1 Å². The van der Waals surface area contributed by atoms with Crippen LogP contribution in [-0.4, -0.2) is 5.78 Å². The first-order chi connectivity index (χ1) is 9.08. The van der Waals surface area contributed by atoms with E-state index in [0.29, 0.717) is 5.56 Å². The van der Waals surface area contributed by atoms with Crippen molar-refractivity contribution in [3.63, 3.8) is 0 Å². The van der Waals surface area contributed by atoms with Gasteiger partial charge in [0.1, 0.15) is 0 Å². The van der Waals surface area contributed by atoms with Crippen molar-refractivity contribution in [3.8, 4) is 11.8 Å². The molecule has 0 bridgehead atoms. The van der Waals surface area contributed by atoms with Gasteiger partial charge in [0.2, 0.25) is 5.78 Å². The number of rotatable bonds is 1. The van der Waals surface area contributed by atoms with Crippen LogP contribution in [0, 0.1) is 32.6 Å². The Balaban J connectivity index is 2.33. The summed E-state index contributed by atoms with van der Waals surface area (Å²) >= 11 is 0. The minimum absolute atomic E-state index is 0.139. The van der Waals surface area contributed by atoms with Gasteiger partial charge in [0.05, 0.1) is 0 Å². The summed E-state index contributed by atoms with van der Waals surface area (Å²) in [6.07, 6.45) is 0. The lowest BCUT2D eigenvalue weighted by Crippen LogP contribution is -1.95. The molecule has 0 aliphatic heterocycles. The van der Waals surface area contributed by atoms with Crippen molar-refractivity contribution in [2.75, 3.05) is 0 Å². The highest BCUT2D eigenvalue weighted by molar-refractivity contribution is 6.09. The molecule has 2 aromatic carbocycles. The third kappa shape index (κ3) is 3.11. The van der Waals surface area contributed by atoms with Crippen molar-refractivity contribution in [1.82, 2.24) is 0 Å². The largest absolute Gasteiger partial charge is 0.279 e. The van der Waals surface area contributed by atoms with E-state index in [-0.39, 0.29) is 5.78 Å². The lowest BCUT2D eigenvalue weighted by molar-refractivity contribution is 0.105. The van der Waals surface area contributed by atoms with Gasteiger partial charge < -0.3 is 0 Å². The zero-order chi connectivity index (χ0) is 13.8. The number of benzene rings is 2. The normalized spacial score (nSPS) is 9.63. The molecule has 94 valence electrons. The number of carbonyl (C=O) groups excluding carboxylic acids is 1. The Morgan fingerprint density at radius 2 is 1.53 bits per heavy atom. The fourth-order valence-corrected chi connectivity index (χ4v) is 2.16. The van der Waals surface area contributed by atoms with Crippen molar-refractivity contribution < 1.29 is 4.79 Å².